The molecule has 0 bridgehead atoms. The van der Waals surface area contributed by atoms with Crippen LogP contribution in [0.3, 0.4) is 0 Å². The first-order valence-corrected chi connectivity index (χ1v) is 19.7. The van der Waals surface area contributed by atoms with Crippen molar-refractivity contribution in [3.8, 4) is 0 Å². The van der Waals surface area contributed by atoms with Gasteiger partial charge in [-0.25, -0.2) is 9.59 Å². The van der Waals surface area contributed by atoms with Crippen molar-refractivity contribution in [1.29, 1.82) is 0 Å². The lowest BCUT2D eigenvalue weighted by Crippen LogP contribution is -2.54. The van der Waals surface area contributed by atoms with Gasteiger partial charge in [0.25, 0.3) is 0 Å². The first-order chi connectivity index (χ1) is 27.2. The number of carbonyl (C=O) groups is 7. The second-order valence-electron chi connectivity index (χ2n) is 16.0. The van der Waals surface area contributed by atoms with E-state index < -0.39 is 52.8 Å². The molecule has 18 nitrogen and oxygen atoms in total. The van der Waals surface area contributed by atoms with Crippen LogP contribution in [0.15, 0.2) is 24.3 Å². The fraction of sp³-hybridized carbons (Fsp3) is 0.675. The number of benzene rings is 1. The topological polar surface area (TPSA) is 255 Å². The lowest BCUT2D eigenvalue weighted by molar-refractivity contribution is -0.132. The Balaban J connectivity index is 2.58. The van der Waals surface area contributed by atoms with Crippen LogP contribution in [0, 0.1) is 16.7 Å². The first-order valence-electron chi connectivity index (χ1n) is 19.7. The molecule has 0 aliphatic heterocycles. The number of ether oxygens (including phenoxy) is 4. The van der Waals surface area contributed by atoms with E-state index in [1.807, 2.05) is 41.5 Å². The number of urea groups is 1. The predicted octanol–water partition coefficient (Wildman–Crippen LogP) is 2.53. The fourth-order valence-corrected chi connectivity index (χ4v) is 4.80. The Bertz CT molecular complexity index is 1460. The largest absolute Gasteiger partial charge is 0.445 e. The van der Waals surface area contributed by atoms with Crippen molar-refractivity contribution in [3.05, 3.63) is 29.8 Å². The van der Waals surface area contributed by atoms with E-state index in [9.17, 15) is 33.6 Å². The second-order valence-corrected chi connectivity index (χ2v) is 16.0. The van der Waals surface area contributed by atoms with Crippen molar-refractivity contribution in [3.63, 3.8) is 0 Å². The number of carbonyl (C=O) groups excluding carboxylic acids is 7. The van der Waals surface area contributed by atoms with Crippen molar-refractivity contribution < 1.29 is 52.5 Å². The summed E-state index contributed by atoms with van der Waals surface area (Å²) in [6, 6.07) is 3.87. The summed E-state index contributed by atoms with van der Waals surface area (Å²) in [5.74, 6) is -1.83. The van der Waals surface area contributed by atoms with Crippen LogP contribution in [-0.4, -0.2) is 113 Å². The molecule has 0 heterocycles. The highest BCUT2D eigenvalue weighted by molar-refractivity contribution is 5.98. The van der Waals surface area contributed by atoms with Gasteiger partial charge in [-0.05, 0) is 36.5 Å². The molecule has 1 rings (SSSR count). The molecule has 0 aliphatic carbocycles. The minimum atomic E-state index is -1.03. The smallest absolute Gasteiger partial charge is 0.407 e. The van der Waals surface area contributed by atoms with Gasteiger partial charge in [0.15, 0.2) is 0 Å². The lowest BCUT2D eigenvalue weighted by Gasteiger charge is -2.25. The molecule has 328 valence electrons. The molecular weight excluding hydrogens is 754 g/mol. The summed E-state index contributed by atoms with van der Waals surface area (Å²) >= 11 is 0. The van der Waals surface area contributed by atoms with E-state index in [1.165, 1.54) is 0 Å². The second kappa shape index (κ2) is 27.0. The van der Waals surface area contributed by atoms with Gasteiger partial charge in [-0.3, -0.25) is 24.0 Å². The zero-order valence-corrected chi connectivity index (χ0v) is 35.5. The molecular formula is C40H67N7O11. The van der Waals surface area contributed by atoms with Gasteiger partial charge in [0.1, 0.15) is 24.5 Å². The highest BCUT2D eigenvalue weighted by atomic mass is 16.5. The van der Waals surface area contributed by atoms with Crippen LogP contribution in [0.25, 0.3) is 0 Å². The molecule has 0 saturated heterocycles. The van der Waals surface area contributed by atoms with E-state index in [2.05, 4.69) is 31.9 Å². The molecule has 7 amide bonds. The van der Waals surface area contributed by atoms with Gasteiger partial charge >= 0.3 is 12.1 Å². The van der Waals surface area contributed by atoms with E-state index in [0.29, 0.717) is 44.0 Å². The fourth-order valence-electron chi connectivity index (χ4n) is 4.80. The van der Waals surface area contributed by atoms with Crippen LogP contribution in [0.1, 0.15) is 86.6 Å². The third-order valence-corrected chi connectivity index (χ3v) is 8.34. The van der Waals surface area contributed by atoms with Gasteiger partial charge in [0.2, 0.25) is 23.6 Å². The summed E-state index contributed by atoms with van der Waals surface area (Å²) in [6.45, 7) is 16.8. The minimum absolute atomic E-state index is 0.0243. The normalized spacial score (nSPS) is 12.5. The van der Waals surface area contributed by atoms with Crippen LogP contribution in [-0.2, 0) is 49.5 Å². The number of ketones is 1. The zero-order valence-electron chi connectivity index (χ0n) is 35.5. The minimum Gasteiger partial charge on any atom is -0.445 e. The van der Waals surface area contributed by atoms with Crippen LogP contribution in [0.5, 0.6) is 0 Å². The van der Waals surface area contributed by atoms with E-state index in [1.54, 1.807) is 38.1 Å². The maximum Gasteiger partial charge on any atom is 0.407 e. The van der Waals surface area contributed by atoms with Gasteiger partial charge in [0, 0.05) is 49.0 Å². The van der Waals surface area contributed by atoms with E-state index in [-0.39, 0.29) is 76.4 Å². The molecule has 0 aromatic heterocycles. The molecule has 1 unspecified atom stereocenters. The van der Waals surface area contributed by atoms with Gasteiger partial charge in [-0.1, -0.05) is 67.5 Å². The van der Waals surface area contributed by atoms with Crippen LogP contribution in [0.2, 0.25) is 0 Å². The van der Waals surface area contributed by atoms with Gasteiger partial charge in [0.05, 0.1) is 39.6 Å². The predicted molar refractivity (Wildman–Crippen MR) is 217 cm³/mol. The Hall–Kier alpha value is -4.81. The first kappa shape index (κ1) is 51.2. The van der Waals surface area contributed by atoms with Gasteiger partial charge in [-0.15, -0.1) is 0 Å². The number of primary amides is 1. The molecule has 0 radical (unpaired) electrons. The summed E-state index contributed by atoms with van der Waals surface area (Å²) in [5.41, 5.74) is 5.30. The Morgan fingerprint density at radius 1 is 0.672 bits per heavy atom. The zero-order chi connectivity index (χ0) is 43.7. The Kier molecular flexibility index (Phi) is 23.8. The SMILES string of the molecule is CC(C)C(NC(=O)CCOCCC(=O)C(C)(C)C)C(=O)N[C@H](CCCNC(N)=O)C(=O)Nc1ccc(COC(=O)NCCOCCOCCNC(=O)C(C)(C)C)cc1. The maximum absolute atomic E-state index is 13.4. The van der Waals surface area contributed by atoms with Crippen molar-refractivity contribution in [1.82, 2.24) is 26.6 Å². The highest BCUT2D eigenvalue weighted by Gasteiger charge is 2.29. The standard InChI is InChI=1S/C40H67N7O11/c1-27(2)33(47-32(49)16-21-55-20-15-31(48)39(3,4)5)35(51)46-30(10-9-17-43-37(41)53)34(50)45-29-13-11-28(12-14-29)26-58-38(54)44-19-23-57-25-24-56-22-18-42-36(52)40(6,7)8/h11-14,27,30,33H,9-10,15-26H2,1-8H3,(H,42,52)(H,44,54)(H,45,50)(H,46,51)(H,47,49)(H3,41,43,53)/t30-,33?/m1/s1. The monoisotopic (exact) mass is 821 g/mol. The number of nitrogens with one attached hydrogen (secondary N) is 6. The number of amides is 7. The molecule has 2 atom stereocenters. The molecule has 0 spiro atoms. The number of Topliss-reactive ketones (excluding diaryl/α,β-unsaturated/α-hetero) is 1. The average Bonchev–Trinajstić information content (AvgIpc) is 3.13. The van der Waals surface area contributed by atoms with E-state index >= 15 is 0 Å². The molecule has 0 fully saturated rings. The number of hydrogen-bond donors (Lipinski definition) is 7. The Morgan fingerprint density at radius 2 is 1.26 bits per heavy atom. The van der Waals surface area contributed by atoms with Crippen molar-refractivity contribution in [2.24, 2.45) is 22.5 Å². The van der Waals surface area contributed by atoms with Crippen LogP contribution < -0.4 is 37.6 Å². The summed E-state index contributed by atoms with van der Waals surface area (Å²) < 4.78 is 21.6. The molecule has 0 aliphatic rings. The molecule has 1 aromatic rings. The molecule has 1 aromatic carbocycles. The Labute approximate surface area is 342 Å². The van der Waals surface area contributed by atoms with Crippen molar-refractivity contribution in [2.45, 2.75) is 99.8 Å². The van der Waals surface area contributed by atoms with Crippen molar-refractivity contribution >= 4 is 47.2 Å². The van der Waals surface area contributed by atoms with Crippen molar-refractivity contribution in [2.75, 3.05) is 64.6 Å². The van der Waals surface area contributed by atoms with E-state index in [4.69, 9.17) is 24.7 Å². The molecule has 18 heteroatoms. The van der Waals surface area contributed by atoms with Crippen LogP contribution in [0.4, 0.5) is 15.3 Å². The number of nitrogens with two attached hydrogens (primary N) is 1. The summed E-state index contributed by atoms with van der Waals surface area (Å²) in [6.07, 6.45) is 0.0376. The highest BCUT2D eigenvalue weighted by Crippen LogP contribution is 2.17. The molecule has 0 saturated carbocycles. The summed E-state index contributed by atoms with van der Waals surface area (Å²) in [7, 11) is 0. The lowest BCUT2D eigenvalue weighted by atomic mass is 9.89. The molecule has 58 heavy (non-hydrogen) atoms. The average molecular weight is 822 g/mol. The Morgan fingerprint density at radius 3 is 1.83 bits per heavy atom. The van der Waals surface area contributed by atoms with E-state index in [0.717, 1.165) is 0 Å². The summed E-state index contributed by atoms with van der Waals surface area (Å²) in [5, 5.41) is 16.1. The quantitative estimate of drug-likeness (QED) is 0.0635. The third-order valence-electron chi connectivity index (χ3n) is 8.34. The van der Waals surface area contributed by atoms with Gasteiger partial charge in [-0.2, -0.15) is 0 Å². The van der Waals surface area contributed by atoms with Gasteiger partial charge < -0.3 is 56.6 Å². The maximum atomic E-state index is 13.4. The van der Waals surface area contributed by atoms with Crippen LogP contribution >= 0.6 is 0 Å². The molecule has 8 N–H and O–H groups in total. The number of hydrogen-bond acceptors (Lipinski definition) is 11. The summed E-state index contributed by atoms with van der Waals surface area (Å²) in [4.78, 5) is 86.7. The number of alkyl carbamates (subject to hydrolysis) is 1. The third kappa shape index (κ3) is 23.4. The number of anilines is 1. The number of rotatable bonds is 27.